The number of carbonyl (C=O) groups is 1. The summed E-state index contributed by atoms with van der Waals surface area (Å²) in [6, 6.07) is 7.83. The summed E-state index contributed by atoms with van der Waals surface area (Å²) in [5.74, 6) is 1.36. The molecule has 22 heavy (non-hydrogen) atoms. The second-order valence-corrected chi connectivity index (χ2v) is 5.94. The molecule has 0 saturated carbocycles. The van der Waals surface area contributed by atoms with Gasteiger partial charge in [-0.25, -0.2) is 0 Å². The highest BCUT2D eigenvalue weighted by Gasteiger charge is 2.19. The molecule has 1 aromatic rings. The highest BCUT2D eigenvalue weighted by atomic mass is 16.5. The van der Waals surface area contributed by atoms with E-state index in [-0.39, 0.29) is 5.91 Å². The van der Waals surface area contributed by atoms with Gasteiger partial charge in [0.25, 0.3) is 5.91 Å². The van der Waals surface area contributed by atoms with Crippen LogP contribution in [-0.4, -0.2) is 18.6 Å². The molecule has 0 radical (unpaired) electrons. The Morgan fingerprint density at radius 2 is 1.91 bits per heavy atom. The Morgan fingerprint density at radius 1 is 1.18 bits per heavy atom. The standard InChI is InChI=1S/C19H31NO2/c1-5-8-12-16(6-2)14-20-19(21)17(7-3)22-18-13-10-9-11-15(18)4/h9-11,13,16-17H,5-8,12,14H2,1-4H3,(H,20,21). The normalized spacial score (nSPS) is 13.5. The van der Waals surface area contributed by atoms with Gasteiger partial charge in [-0.1, -0.05) is 58.2 Å². The molecule has 0 heterocycles. The third-order valence-electron chi connectivity index (χ3n) is 4.13. The molecule has 124 valence electrons. The smallest absolute Gasteiger partial charge is 0.261 e. The summed E-state index contributed by atoms with van der Waals surface area (Å²) in [5.41, 5.74) is 1.06. The van der Waals surface area contributed by atoms with E-state index in [2.05, 4.69) is 19.2 Å². The Kier molecular flexibility index (Phi) is 8.64. The van der Waals surface area contributed by atoms with Crippen molar-refractivity contribution in [2.75, 3.05) is 6.54 Å². The molecule has 0 aliphatic heterocycles. The van der Waals surface area contributed by atoms with Gasteiger partial charge in [-0.15, -0.1) is 0 Å². The number of carbonyl (C=O) groups excluding carboxylic acids is 1. The van der Waals surface area contributed by atoms with E-state index < -0.39 is 6.10 Å². The molecule has 1 amide bonds. The quantitative estimate of drug-likeness (QED) is 0.692. The topological polar surface area (TPSA) is 38.3 Å². The first-order valence-corrected chi connectivity index (χ1v) is 8.62. The Morgan fingerprint density at radius 3 is 2.50 bits per heavy atom. The average molecular weight is 305 g/mol. The fourth-order valence-electron chi connectivity index (χ4n) is 2.47. The first-order valence-electron chi connectivity index (χ1n) is 8.62. The average Bonchev–Trinajstić information content (AvgIpc) is 2.54. The molecule has 0 fully saturated rings. The van der Waals surface area contributed by atoms with Crippen molar-refractivity contribution in [3.05, 3.63) is 29.8 Å². The highest BCUT2D eigenvalue weighted by molar-refractivity contribution is 5.81. The second kappa shape index (κ2) is 10.3. The fourth-order valence-corrected chi connectivity index (χ4v) is 2.47. The largest absolute Gasteiger partial charge is 0.480 e. The van der Waals surface area contributed by atoms with Gasteiger partial charge >= 0.3 is 0 Å². The van der Waals surface area contributed by atoms with Crippen molar-refractivity contribution >= 4 is 5.91 Å². The zero-order valence-electron chi connectivity index (χ0n) is 14.5. The van der Waals surface area contributed by atoms with Crippen molar-refractivity contribution in [1.82, 2.24) is 5.32 Å². The van der Waals surface area contributed by atoms with Gasteiger partial charge in [0.15, 0.2) is 6.10 Å². The van der Waals surface area contributed by atoms with Gasteiger partial charge in [0.1, 0.15) is 5.75 Å². The van der Waals surface area contributed by atoms with Gasteiger partial charge in [0.2, 0.25) is 0 Å². The molecule has 0 aliphatic carbocycles. The van der Waals surface area contributed by atoms with Crippen molar-refractivity contribution < 1.29 is 9.53 Å². The summed E-state index contributed by atoms with van der Waals surface area (Å²) in [6.07, 6.45) is 4.98. The third kappa shape index (κ3) is 6.08. The molecule has 3 heteroatoms. The van der Waals surface area contributed by atoms with E-state index in [4.69, 9.17) is 4.74 Å². The molecular weight excluding hydrogens is 274 g/mol. The van der Waals surface area contributed by atoms with Gasteiger partial charge in [-0.05, 0) is 37.3 Å². The molecule has 1 aromatic carbocycles. The van der Waals surface area contributed by atoms with Gasteiger partial charge < -0.3 is 10.1 Å². The van der Waals surface area contributed by atoms with Crippen LogP contribution in [0.5, 0.6) is 5.75 Å². The molecule has 3 nitrogen and oxygen atoms in total. The summed E-state index contributed by atoms with van der Waals surface area (Å²) in [6.45, 7) is 9.12. The molecule has 0 bridgehead atoms. The summed E-state index contributed by atoms with van der Waals surface area (Å²) < 4.78 is 5.89. The molecule has 0 aromatic heterocycles. The number of nitrogens with one attached hydrogen (secondary N) is 1. The van der Waals surface area contributed by atoms with Crippen molar-refractivity contribution in [2.24, 2.45) is 5.92 Å². The predicted octanol–water partition coefficient (Wildman–Crippen LogP) is 4.49. The number of para-hydroxylation sites is 1. The van der Waals surface area contributed by atoms with Crippen molar-refractivity contribution in [3.8, 4) is 5.75 Å². The maximum Gasteiger partial charge on any atom is 0.261 e. The van der Waals surface area contributed by atoms with Crippen LogP contribution >= 0.6 is 0 Å². The highest BCUT2D eigenvalue weighted by Crippen LogP contribution is 2.19. The predicted molar refractivity (Wildman–Crippen MR) is 92.2 cm³/mol. The maximum absolute atomic E-state index is 12.3. The Labute approximate surface area is 135 Å². The lowest BCUT2D eigenvalue weighted by Crippen LogP contribution is -2.40. The Bertz CT molecular complexity index is 445. The number of amides is 1. The number of benzene rings is 1. The van der Waals surface area contributed by atoms with Crippen LogP contribution in [0.1, 0.15) is 58.4 Å². The van der Waals surface area contributed by atoms with Crippen molar-refractivity contribution in [2.45, 2.75) is 65.9 Å². The second-order valence-electron chi connectivity index (χ2n) is 5.94. The number of rotatable bonds is 10. The number of hydrogen-bond acceptors (Lipinski definition) is 2. The first-order chi connectivity index (χ1) is 10.6. The zero-order valence-corrected chi connectivity index (χ0v) is 14.5. The van der Waals surface area contributed by atoms with Crippen molar-refractivity contribution in [3.63, 3.8) is 0 Å². The monoisotopic (exact) mass is 305 g/mol. The number of aryl methyl sites for hydroxylation is 1. The van der Waals surface area contributed by atoms with Gasteiger partial charge in [-0.3, -0.25) is 4.79 Å². The Balaban J connectivity index is 2.52. The summed E-state index contributed by atoms with van der Waals surface area (Å²) in [7, 11) is 0. The fraction of sp³-hybridized carbons (Fsp3) is 0.632. The summed E-state index contributed by atoms with van der Waals surface area (Å²) >= 11 is 0. The molecular formula is C19H31NO2. The summed E-state index contributed by atoms with van der Waals surface area (Å²) in [4.78, 5) is 12.3. The minimum absolute atomic E-state index is 0.000650. The van der Waals surface area contributed by atoms with Crippen LogP contribution in [0.15, 0.2) is 24.3 Å². The third-order valence-corrected chi connectivity index (χ3v) is 4.13. The van der Waals surface area contributed by atoms with E-state index in [0.29, 0.717) is 12.3 Å². The first kappa shape index (κ1) is 18.5. The number of hydrogen-bond donors (Lipinski definition) is 1. The molecule has 0 aliphatic rings. The zero-order chi connectivity index (χ0) is 16.4. The van der Waals surface area contributed by atoms with Crippen LogP contribution < -0.4 is 10.1 Å². The molecule has 2 unspecified atom stereocenters. The SMILES string of the molecule is CCCCC(CC)CNC(=O)C(CC)Oc1ccccc1C. The van der Waals surface area contributed by atoms with E-state index in [1.165, 1.54) is 19.3 Å². The van der Waals surface area contributed by atoms with Crippen LogP contribution in [0, 0.1) is 12.8 Å². The number of unbranched alkanes of at least 4 members (excludes halogenated alkanes) is 1. The lowest BCUT2D eigenvalue weighted by atomic mass is 9.99. The van der Waals surface area contributed by atoms with Crippen LogP contribution in [0.2, 0.25) is 0 Å². The number of ether oxygens (including phenoxy) is 1. The molecule has 1 rings (SSSR count). The summed E-state index contributed by atoms with van der Waals surface area (Å²) in [5, 5.41) is 3.07. The molecule has 2 atom stereocenters. The van der Waals surface area contributed by atoms with Gasteiger partial charge in [0.05, 0.1) is 0 Å². The van der Waals surface area contributed by atoms with E-state index in [1.807, 2.05) is 38.1 Å². The van der Waals surface area contributed by atoms with E-state index >= 15 is 0 Å². The van der Waals surface area contributed by atoms with Crippen LogP contribution in [0.25, 0.3) is 0 Å². The lowest BCUT2D eigenvalue weighted by molar-refractivity contribution is -0.128. The van der Waals surface area contributed by atoms with Crippen molar-refractivity contribution in [1.29, 1.82) is 0 Å². The minimum atomic E-state index is -0.412. The maximum atomic E-state index is 12.3. The van der Waals surface area contributed by atoms with Crippen LogP contribution in [-0.2, 0) is 4.79 Å². The van der Waals surface area contributed by atoms with Gasteiger partial charge in [-0.2, -0.15) is 0 Å². The Hall–Kier alpha value is -1.51. The van der Waals surface area contributed by atoms with E-state index in [0.717, 1.165) is 24.3 Å². The van der Waals surface area contributed by atoms with Crippen LogP contribution in [0.4, 0.5) is 0 Å². The lowest BCUT2D eigenvalue weighted by Gasteiger charge is -2.21. The minimum Gasteiger partial charge on any atom is -0.480 e. The van der Waals surface area contributed by atoms with E-state index in [1.54, 1.807) is 0 Å². The molecule has 1 N–H and O–H groups in total. The van der Waals surface area contributed by atoms with Crippen LogP contribution in [0.3, 0.4) is 0 Å². The van der Waals surface area contributed by atoms with Gasteiger partial charge in [0, 0.05) is 6.54 Å². The molecule has 0 spiro atoms. The molecule has 0 saturated heterocycles. The van der Waals surface area contributed by atoms with E-state index in [9.17, 15) is 4.79 Å².